The SMILES string of the molecule is CC(C)(C)OC(=O)NCC[C@@]1(C)c2cccc(N)c2C2C[C@H]2C1(C)C. The molecule has 4 nitrogen and oxygen atoms in total. The van der Waals surface area contributed by atoms with Gasteiger partial charge in [0.1, 0.15) is 5.60 Å². The molecule has 1 aromatic rings. The number of carbonyl (C=O) groups excluding carboxylic acids is 1. The number of carbonyl (C=O) groups is 1. The Bertz CT molecular complexity index is 690. The molecule has 0 heterocycles. The van der Waals surface area contributed by atoms with E-state index in [1.165, 1.54) is 17.5 Å². The van der Waals surface area contributed by atoms with E-state index in [-0.39, 0.29) is 16.9 Å². The van der Waals surface area contributed by atoms with Crippen molar-refractivity contribution in [2.24, 2.45) is 11.3 Å². The summed E-state index contributed by atoms with van der Waals surface area (Å²) in [6, 6.07) is 6.31. The van der Waals surface area contributed by atoms with E-state index < -0.39 is 5.60 Å². The van der Waals surface area contributed by atoms with Crippen molar-refractivity contribution in [1.29, 1.82) is 0 Å². The Balaban J connectivity index is 1.80. The molecule has 25 heavy (non-hydrogen) atoms. The lowest BCUT2D eigenvalue weighted by Crippen LogP contribution is -2.47. The summed E-state index contributed by atoms with van der Waals surface area (Å²) < 4.78 is 5.36. The van der Waals surface area contributed by atoms with Gasteiger partial charge in [-0.1, -0.05) is 32.9 Å². The maximum absolute atomic E-state index is 12.0. The van der Waals surface area contributed by atoms with Crippen LogP contribution in [0.3, 0.4) is 0 Å². The highest BCUT2D eigenvalue weighted by atomic mass is 16.6. The summed E-state index contributed by atoms with van der Waals surface area (Å²) in [7, 11) is 0. The molecule has 1 saturated carbocycles. The molecule has 1 amide bonds. The Morgan fingerprint density at radius 3 is 2.64 bits per heavy atom. The summed E-state index contributed by atoms with van der Waals surface area (Å²) >= 11 is 0. The fourth-order valence-corrected chi connectivity index (χ4v) is 4.73. The summed E-state index contributed by atoms with van der Waals surface area (Å²) in [5.41, 5.74) is 9.64. The first-order valence-corrected chi connectivity index (χ1v) is 9.33. The topological polar surface area (TPSA) is 64.3 Å². The van der Waals surface area contributed by atoms with Gasteiger partial charge in [-0.3, -0.25) is 0 Å². The summed E-state index contributed by atoms with van der Waals surface area (Å²) in [6.07, 6.45) is 1.75. The van der Waals surface area contributed by atoms with Crippen molar-refractivity contribution >= 4 is 11.8 Å². The Morgan fingerprint density at radius 2 is 2.00 bits per heavy atom. The van der Waals surface area contributed by atoms with Gasteiger partial charge in [0, 0.05) is 12.2 Å². The van der Waals surface area contributed by atoms with Crippen molar-refractivity contribution < 1.29 is 9.53 Å². The first-order chi connectivity index (χ1) is 11.5. The average molecular weight is 344 g/mol. The fourth-order valence-electron chi connectivity index (χ4n) is 4.73. The number of hydrogen-bond acceptors (Lipinski definition) is 3. The minimum atomic E-state index is -0.472. The van der Waals surface area contributed by atoms with Gasteiger partial charge in [0.15, 0.2) is 0 Å². The average Bonchev–Trinajstić information content (AvgIpc) is 3.24. The quantitative estimate of drug-likeness (QED) is 0.789. The summed E-state index contributed by atoms with van der Waals surface area (Å²) in [6.45, 7) is 13.3. The summed E-state index contributed by atoms with van der Waals surface area (Å²) in [5.74, 6) is 1.29. The van der Waals surface area contributed by atoms with Crippen molar-refractivity contribution in [2.75, 3.05) is 12.3 Å². The molecule has 0 bridgehead atoms. The molecule has 0 radical (unpaired) electrons. The Labute approximate surface area is 151 Å². The second-order valence-corrected chi connectivity index (χ2v) is 9.49. The van der Waals surface area contributed by atoms with Crippen LogP contribution in [0.4, 0.5) is 10.5 Å². The van der Waals surface area contributed by atoms with Crippen LogP contribution in [0.25, 0.3) is 0 Å². The van der Waals surface area contributed by atoms with Crippen LogP contribution < -0.4 is 11.1 Å². The van der Waals surface area contributed by atoms with E-state index >= 15 is 0 Å². The van der Waals surface area contributed by atoms with Crippen molar-refractivity contribution in [3.63, 3.8) is 0 Å². The fraction of sp³-hybridized carbons (Fsp3) is 0.667. The monoisotopic (exact) mass is 344 g/mol. The van der Waals surface area contributed by atoms with Gasteiger partial charge in [-0.05, 0) is 73.5 Å². The van der Waals surface area contributed by atoms with Gasteiger partial charge in [-0.2, -0.15) is 0 Å². The molecule has 4 heteroatoms. The molecule has 1 fully saturated rings. The number of rotatable bonds is 3. The lowest BCUT2D eigenvalue weighted by molar-refractivity contribution is 0.0509. The predicted molar refractivity (Wildman–Crippen MR) is 102 cm³/mol. The van der Waals surface area contributed by atoms with E-state index in [4.69, 9.17) is 10.5 Å². The molecule has 3 atom stereocenters. The first kappa shape index (κ1) is 18.1. The minimum absolute atomic E-state index is 0.0234. The molecule has 0 aliphatic heterocycles. The number of anilines is 1. The molecule has 2 aliphatic rings. The molecule has 3 N–H and O–H groups in total. The molecular formula is C21H32N2O2. The highest BCUT2D eigenvalue weighted by molar-refractivity contribution is 5.67. The molecule has 0 aromatic heterocycles. The van der Waals surface area contributed by atoms with Gasteiger partial charge in [-0.25, -0.2) is 4.79 Å². The van der Waals surface area contributed by atoms with Gasteiger partial charge >= 0.3 is 6.09 Å². The number of alkyl carbamates (subject to hydrolysis) is 1. The van der Waals surface area contributed by atoms with E-state index in [0.29, 0.717) is 18.4 Å². The first-order valence-electron chi connectivity index (χ1n) is 9.33. The van der Waals surface area contributed by atoms with Crippen LogP contribution in [0.5, 0.6) is 0 Å². The van der Waals surface area contributed by atoms with E-state index in [9.17, 15) is 4.79 Å². The Kier molecular flexibility index (Phi) is 4.09. The van der Waals surface area contributed by atoms with Gasteiger partial charge < -0.3 is 15.8 Å². The Morgan fingerprint density at radius 1 is 1.32 bits per heavy atom. The standard InChI is InChI=1S/C21H32N2O2/c1-19(2,3)25-18(24)23-11-10-21(6)14-8-7-9-16(22)17(14)13-12-15(13)20(21,4)5/h7-9,13,15H,10-12,22H2,1-6H3,(H,23,24)/t13?,15-,21+/m1/s1. The van der Waals surface area contributed by atoms with Crippen LogP contribution in [0.2, 0.25) is 0 Å². The van der Waals surface area contributed by atoms with Crippen molar-refractivity contribution in [2.45, 2.75) is 71.3 Å². The molecule has 138 valence electrons. The van der Waals surface area contributed by atoms with Gasteiger partial charge in [0.2, 0.25) is 0 Å². The molecule has 1 aromatic carbocycles. The van der Waals surface area contributed by atoms with Crippen molar-refractivity contribution in [1.82, 2.24) is 5.32 Å². The van der Waals surface area contributed by atoms with Crippen LogP contribution in [0.1, 0.15) is 71.4 Å². The summed E-state index contributed by atoms with van der Waals surface area (Å²) in [4.78, 5) is 12.0. The number of benzene rings is 1. The summed E-state index contributed by atoms with van der Waals surface area (Å²) in [5, 5.41) is 2.93. The van der Waals surface area contributed by atoms with Gasteiger partial charge in [0.25, 0.3) is 0 Å². The van der Waals surface area contributed by atoms with Crippen LogP contribution in [-0.2, 0) is 10.2 Å². The van der Waals surface area contributed by atoms with Crippen LogP contribution in [0, 0.1) is 11.3 Å². The zero-order valence-electron chi connectivity index (χ0n) is 16.4. The maximum atomic E-state index is 12.0. The van der Waals surface area contributed by atoms with Gasteiger partial charge in [0.05, 0.1) is 0 Å². The van der Waals surface area contributed by atoms with E-state index in [1.807, 2.05) is 26.8 Å². The number of nitrogens with two attached hydrogens (primary N) is 1. The largest absolute Gasteiger partial charge is 0.444 e. The molecule has 2 aliphatic carbocycles. The lowest BCUT2D eigenvalue weighted by Gasteiger charge is -2.50. The number of amides is 1. The molecule has 0 saturated heterocycles. The second-order valence-electron chi connectivity index (χ2n) is 9.49. The number of hydrogen-bond donors (Lipinski definition) is 2. The minimum Gasteiger partial charge on any atom is -0.444 e. The Hall–Kier alpha value is -1.71. The number of nitrogens with one attached hydrogen (secondary N) is 1. The smallest absolute Gasteiger partial charge is 0.407 e. The van der Waals surface area contributed by atoms with E-state index in [2.05, 4.69) is 38.2 Å². The van der Waals surface area contributed by atoms with E-state index in [0.717, 1.165) is 12.1 Å². The molecule has 1 unspecified atom stereocenters. The lowest BCUT2D eigenvalue weighted by atomic mass is 9.55. The zero-order chi connectivity index (χ0) is 18.6. The molecule has 3 rings (SSSR count). The van der Waals surface area contributed by atoms with Crippen molar-refractivity contribution in [3.8, 4) is 0 Å². The van der Waals surface area contributed by atoms with Gasteiger partial charge in [-0.15, -0.1) is 0 Å². The third kappa shape index (κ3) is 3.00. The van der Waals surface area contributed by atoms with Crippen LogP contribution >= 0.6 is 0 Å². The van der Waals surface area contributed by atoms with E-state index in [1.54, 1.807) is 0 Å². The maximum Gasteiger partial charge on any atom is 0.407 e. The number of fused-ring (bicyclic) bond motifs is 3. The number of nitrogen functional groups attached to an aromatic ring is 1. The normalized spacial score (nSPS) is 29.4. The molecule has 0 spiro atoms. The highest BCUT2D eigenvalue weighted by Crippen LogP contribution is 2.69. The van der Waals surface area contributed by atoms with Crippen molar-refractivity contribution in [3.05, 3.63) is 29.3 Å². The van der Waals surface area contributed by atoms with Crippen LogP contribution in [0.15, 0.2) is 18.2 Å². The second kappa shape index (κ2) is 5.65. The third-order valence-corrected chi connectivity index (χ3v) is 6.54. The van der Waals surface area contributed by atoms with Crippen LogP contribution in [-0.4, -0.2) is 18.2 Å². The highest BCUT2D eigenvalue weighted by Gasteiger charge is 2.61. The number of ether oxygens (including phenoxy) is 1. The molecular weight excluding hydrogens is 312 g/mol. The zero-order valence-corrected chi connectivity index (χ0v) is 16.4. The third-order valence-electron chi connectivity index (χ3n) is 6.54. The predicted octanol–water partition coefficient (Wildman–Crippen LogP) is 4.58.